The first-order valence-electron chi connectivity index (χ1n) is 8.74. The number of ether oxygens (including phenoxy) is 2. The van der Waals surface area contributed by atoms with Gasteiger partial charge in [-0.25, -0.2) is 4.39 Å². The van der Waals surface area contributed by atoms with Gasteiger partial charge >= 0.3 is 0 Å². The third-order valence-corrected chi connectivity index (χ3v) is 4.15. The van der Waals surface area contributed by atoms with Crippen molar-refractivity contribution in [2.75, 3.05) is 13.2 Å². The average Bonchev–Trinajstić information content (AvgIpc) is 3.19. The molecule has 5 heteroatoms. The first-order chi connectivity index (χ1) is 12.7. The Bertz CT molecular complexity index is 735. The summed E-state index contributed by atoms with van der Waals surface area (Å²) in [5, 5.41) is 2.82. The molecule has 1 N–H and O–H groups in total. The first kappa shape index (κ1) is 18.1. The summed E-state index contributed by atoms with van der Waals surface area (Å²) < 4.78 is 24.1. The van der Waals surface area contributed by atoms with Crippen LogP contribution in [0.2, 0.25) is 0 Å². The van der Waals surface area contributed by atoms with Gasteiger partial charge in [-0.05, 0) is 54.3 Å². The fourth-order valence-electron chi connectivity index (χ4n) is 2.66. The molecule has 1 unspecified atom stereocenters. The number of benzene rings is 2. The Labute approximate surface area is 152 Å². The van der Waals surface area contributed by atoms with E-state index in [1.807, 2.05) is 24.3 Å². The zero-order chi connectivity index (χ0) is 18.2. The molecule has 1 atom stereocenters. The molecule has 2 aromatic rings. The van der Waals surface area contributed by atoms with E-state index in [1.54, 1.807) is 18.2 Å². The fourth-order valence-corrected chi connectivity index (χ4v) is 2.66. The van der Waals surface area contributed by atoms with Crippen molar-refractivity contribution in [3.63, 3.8) is 0 Å². The van der Waals surface area contributed by atoms with Crippen molar-refractivity contribution < 1.29 is 18.7 Å². The van der Waals surface area contributed by atoms with Gasteiger partial charge in [-0.2, -0.15) is 0 Å². The summed E-state index contributed by atoms with van der Waals surface area (Å²) in [7, 11) is 0. The van der Waals surface area contributed by atoms with Crippen molar-refractivity contribution in [1.82, 2.24) is 5.32 Å². The maximum absolute atomic E-state index is 12.8. The number of nitrogens with one attached hydrogen (secondary N) is 1. The van der Waals surface area contributed by atoms with Gasteiger partial charge in [0.25, 0.3) is 0 Å². The quantitative estimate of drug-likeness (QED) is 0.770. The molecule has 0 aromatic heterocycles. The summed E-state index contributed by atoms with van der Waals surface area (Å²) in [5.74, 6) is 0.301. The molecule has 1 aliphatic rings. The molecule has 0 aliphatic carbocycles. The minimum absolute atomic E-state index is 0.196. The zero-order valence-electron chi connectivity index (χ0n) is 14.5. The molecule has 1 heterocycles. The zero-order valence-corrected chi connectivity index (χ0v) is 14.5. The van der Waals surface area contributed by atoms with Crippen LogP contribution in [0.15, 0.2) is 54.6 Å². The predicted octanol–water partition coefficient (Wildman–Crippen LogP) is 3.71. The monoisotopic (exact) mass is 355 g/mol. The van der Waals surface area contributed by atoms with Crippen molar-refractivity contribution >= 4 is 12.0 Å². The molecule has 0 spiro atoms. The van der Waals surface area contributed by atoms with Crippen LogP contribution in [0.25, 0.3) is 6.08 Å². The van der Waals surface area contributed by atoms with Gasteiger partial charge in [-0.1, -0.05) is 24.3 Å². The van der Waals surface area contributed by atoms with Crippen LogP contribution in [0.3, 0.4) is 0 Å². The Hall–Kier alpha value is -2.66. The van der Waals surface area contributed by atoms with E-state index in [2.05, 4.69) is 5.32 Å². The Balaban J connectivity index is 1.42. The van der Waals surface area contributed by atoms with Crippen LogP contribution in [0.5, 0.6) is 5.75 Å². The molecule has 2 aromatic carbocycles. The SMILES string of the molecule is O=C(/C=C/c1ccc(F)cc1)NCc1ccc(OCC2CCCO2)cc1. The lowest BCUT2D eigenvalue weighted by Gasteiger charge is -2.11. The van der Waals surface area contributed by atoms with Gasteiger partial charge < -0.3 is 14.8 Å². The minimum Gasteiger partial charge on any atom is -0.491 e. The third-order valence-electron chi connectivity index (χ3n) is 4.15. The van der Waals surface area contributed by atoms with E-state index in [9.17, 15) is 9.18 Å². The molecule has 0 saturated carbocycles. The van der Waals surface area contributed by atoms with E-state index in [4.69, 9.17) is 9.47 Å². The van der Waals surface area contributed by atoms with E-state index >= 15 is 0 Å². The average molecular weight is 355 g/mol. The van der Waals surface area contributed by atoms with Crippen molar-refractivity contribution in [3.05, 3.63) is 71.6 Å². The largest absolute Gasteiger partial charge is 0.491 e. The topological polar surface area (TPSA) is 47.6 Å². The summed E-state index contributed by atoms with van der Waals surface area (Å²) in [6.07, 6.45) is 5.43. The normalized spacial score (nSPS) is 16.7. The van der Waals surface area contributed by atoms with Gasteiger partial charge in [-0.15, -0.1) is 0 Å². The van der Waals surface area contributed by atoms with Gasteiger partial charge in [0.1, 0.15) is 18.2 Å². The highest BCUT2D eigenvalue weighted by Crippen LogP contribution is 2.16. The van der Waals surface area contributed by atoms with E-state index < -0.39 is 0 Å². The second kappa shape index (κ2) is 9.15. The van der Waals surface area contributed by atoms with Gasteiger partial charge in [0.05, 0.1) is 6.10 Å². The Morgan fingerprint density at radius 1 is 1.19 bits per heavy atom. The van der Waals surface area contributed by atoms with Crippen molar-refractivity contribution in [3.8, 4) is 5.75 Å². The first-order valence-corrected chi connectivity index (χ1v) is 8.74. The van der Waals surface area contributed by atoms with E-state index in [0.717, 1.165) is 36.3 Å². The highest BCUT2D eigenvalue weighted by Gasteiger charge is 2.15. The van der Waals surface area contributed by atoms with Crippen molar-refractivity contribution in [2.24, 2.45) is 0 Å². The van der Waals surface area contributed by atoms with Gasteiger partial charge in [0.15, 0.2) is 0 Å². The molecule has 0 bridgehead atoms. The third kappa shape index (κ3) is 5.70. The standard InChI is InChI=1S/C21H22FNO3/c22-18-8-3-16(4-9-18)7-12-21(24)23-14-17-5-10-19(11-6-17)26-15-20-2-1-13-25-20/h3-12,20H,1-2,13-15H2,(H,23,24)/b12-7+. The number of hydrogen-bond donors (Lipinski definition) is 1. The second-order valence-electron chi connectivity index (χ2n) is 6.19. The molecule has 1 fully saturated rings. The van der Waals surface area contributed by atoms with Gasteiger partial charge in [0, 0.05) is 19.2 Å². The number of carbonyl (C=O) groups is 1. The van der Waals surface area contributed by atoms with Gasteiger partial charge in [-0.3, -0.25) is 4.79 Å². The second-order valence-corrected chi connectivity index (χ2v) is 6.19. The molecule has 26 heavy (non-hydrogen) atoms. The highest BCUT2D eigenvalue weighted by molar-refractivity contribution is 5.91. The van der Waals surface area contributed by atoms with Crippen LogP contribution in [0, 0.1) is 5.82 Å². The number of rotatable bonds is 7. The molecule has 0 radical (unpaired) electrons. The fraction of sp³-hybridized carbons (Fsp3) is 0.286. The molecule has 1 saturated heterocycles. The lowest BCUT2D eigenvalue weighted by Crippen LogP contribution is -2.20. The molecular weight excluding hydrogens is 333 g/mol. The summed E-state index contributed by atoms with van der Waals surface area (Å²) in [6.45, 7) is 1.82. The highest BCUT2D eigenvalue weighted by atomic mass is 19.1. The summed E-state index contributed by atoms with van der Waals surface area (Å²) >= 11 is 0. The Morgan fingerprint density at radius 2 is 1.96 bits per heavy atom. The number of hydrogen-bond acceptors (Lipinski definition) is 3. The van der Waals surface area contributed by atoms with Crippen LogP contribution >= 0.6 is 0 Å². The number of halogens is 1. The lowest BCUT2D eigenvalue weighted by molar-refractivity contribution is -0.116. The van der Waals surface area contributed by atoms with Crippen molar-refractivity contribution in [2.45, 2.75) is 25.5 Å². The number of amides is 1. The maximum atomic E-state index is 12.8. The summed E-state index contributed by atoms with van der Waals surface area (Å²) in [5.41, 5.74) is 1.76. The summed E-state index contributed by atoms with van der Waals surface area (Å²) in [6, 6.07) is 13.6. The van der Waals surface area contributed by atoms with Crippen molar-refractivity contribution in [1.29, 1.82) is 0 Å². The summed E-state index contributed by atoms with van der Waals surface area (Å²) in [4.78, 5) is 11.9. The molecule has 3 rings (SSSR count). The molecule has 4 nitrogen and oxygen atoms in total. The van der Waals surface area contributed by atoms with Crippen LogP contribution in [0.4, 0.5) is 4.39 Å². The van der Waals surface area contributed by atoms with Crippen LogP contribution in [0.1, 0.15) is 24.0 Å². The molecule has 1 aliphatic heterocycles. The minimum atomic E-state index is -0.296. The lowest BCUT2D eigenvalue weighted by atomic mass is 10.2. The van der Waals surface area contributed by atoms with Crippen LogP contribution < -0.4 is 10.1 Å². The Morgan fingerprint density at radius 3 is 2.65 bits per heavy atom. The van der Waals surface area contributed by atoms with Crippen LogP contribution in [-0.4, -0.2) is 25.2 Å². The molecule has 1 amide bonds. The predicted molar refractivity (Wildman–Crippen MR) is 98.2 cm³/mol. The molecule has 136 valence electrons. The van der Waals surface area contributed by atoms with Gasteiger partial charge in [0.2, 0.25) is 5.91 Å². The van der Waals surface area contributed by atoms with E-state index in [-0.39, 0.29) is 17.8 Å². The van der Waals surface area contributed by atoms with E-state index in [1.165, 1.54) is 18.2 Å². The van der Waals surface area contributed by atoms with Crippen LogP contribution in [-0.2, 0) is 16.1 Å². The number of carbonyl (C=O) groups excluding carboxylic acids is 1. The van der Waals surface area contributed by atoms with E-state index in [0.29, 0.717) is 13.2 Å². The Kier molecular flexibility index (Phi) is 6.39. The molecular formula is C21H22FNO3. The smallest absolute Gasteiger partial charge is 0.244 e. The maximum Gasteiger partial charge on any atom is 0.244 e.